The molecule has 0 aliphatic rings. The molecule has 0 aromatic heterocycles. The molecule has 0 bridgehead atoms. The number of halogens is 1. The van der Waals surface area contributed by atoms with E-state index < -0.39 is 0 Å². The van der Waals surface area contributed by atoms with E-state index in [0.29, 0.717) is 22.9 Å². The lowest BCUT2D eigenvalue weighted by Gasteiger charge is -2.14. The second kappa shape index (κ2) is 6.03. The summed E-state index contributed by atoms with van der Waals surface area (Å²) in [5.41, 5.74) is 6.26. The molecule has 88 valence electrons. The predicted octanol–water partition coefficient (Wildman–Crippen LogP) is 2.39. The summed E-state index contributed by atoms with van der Waals surface area (Å²) >= 11 is 10.8. The highest BCUT2D eigenvalue weighted by Crippen LogP contribution is 2.23. The number of nitrogens with two attached hydrogens (primary N) is 1. The van der Waals surface area contributed by atoms with Gasteiger partial charge in [-0.05, 0) is 25.1 Å². The maximum absolute atomic E-state index is 5.88. The molecule has 5 heteroatoms. The van der Waals surface area contributed by atoms with Gasteiger partial charge in [0.05, 0.1) is 11.7 Å². The van der Waals surface area contributed by atoms with E-state index in [9.17, 15) is 0 Å². The quantitative estimate of drug-likeness (QED) is 0.825. The van der Waals surface area contributed by atoms with Gasteiger partial charge in [0.15, 0.2) is 0 Å². The Morgan fingerprint density at radius 3 is 2.81 bits per heavy atom. The van der Waals surface area contributed by atoms with E-state index in [1.165, 1.54) is 0 Å². The lowest BCUT2D eigenvalue weighted by molar-refractivity contribution is 0.0716. The molecule has 1 rings (SSSR count). The van der Waals surface area contributed by atoms with Crippen LogP contribution in [0.1, 0.15) is 12.5 Å². The van der Waals surface area contributed by atoms with Crippen LogP contribution in [0.15, 0.2) is 18.2 Å². The Morgan fingerprint density at radius 2 is 2.25 bits per heavy atom. The minimum absolute atomic E-state index is 0.00169. The molecule has 0 heterocycles. The molecule has 0 radical (unpaired) electrons. The molecule has 16 heavy (non-hydrogen) atoms. The third kappa shape index (κ3) is 3.63. The van der Waals surface area contributed by atoms with Crippen LogP contribution in [0.4, 0.5) is 0 Å². The fraction of sp³-hybridized carbons (Fsp3) is 0.364. The van der Waals surface area contributed by atoms with E-state index in [-0.39, 0.29) is 11.1 Å². The molecule has 0 saturated carbocycles. The Bertz CT molecular complexity index is 384. The average molecular weight is 260 g/mol. The summed E-state index contributed by atoms with van der Waals surface area (Å²) in [5.74, 6) is 0.587. The average Bonchev–Trinajstić information content (AvgIpc) is 2.25. The third-order valence-corrected chi connectivity index (χ3v) is 2.54. The van der Waals surface area contributed by atoms with Crippen LogP contribution in [0.25, 0.3) is 0 Å². The number of hydrogen-bond donors (Lipinski definition) is 1. The first-order chi connectivity index (χ1) is 7.54. The van der Waals surface area contributed by atoms with Crippen molar-refractivity contribution < 1.29 is 9.47 Å². The lowest BCUT2D eigenvalue weighted by Crippen LogP contribution is -2.18. The fourth-order valence-electron chi connectivity index (χ4n) is 1.09. The number of rotatable bonds is 5. The standard InChI is InChI=1S/C11H14ClNO2S/c1-7(14-2)6-15-10-5-8(12)3-4-9(10)11(13)16/h3-5,7H,6H2,1-2H3,(H2,13,16). The van der Waals surface area contributed by atoms with Gasteiger partial charge in [-0.25, -0.2) is 0 Å². The van der Waals surface area contributed by atoms with E-state index in [2.05, 4.69) is 0 Å². The maximum Gasteiger partial charge on any atom is 0.131 e. The van der Waals surface area contributed by atoms with Crippen molar-refractivity contribution in [3.63, 3.8) is 0 Å². The van der Waals surface area contributed by atoms with Gasteiger partial charge in [-0.3, -0.25) is 0 Å². The van der Waals surface area contributed by atoms with Crippen molar-refractivity contribution in [2.75, 3.05) is 13.7 Å². The second-order valence-corrected chi connectivity index (χ2v) is 4.24. The van der Waals surface area contributed by atoms with Crippen molar-refractivity contribution in [1.82, 2.24) is 0 Å². The smallest absolute Gasteiger partial charge is 0.131 e. The molecule has 0 aliphatic carbocycles. The van der Waals surface area contributed by atoms with Crippen molar-refractivity contribution in [1.29, 1.82) is 0 Å². The fourth-order valence-corrected chi connectivity index (χ4v) is 1.43. The van der Waals surface area contributed by atoms with Gasteiger partial charge in [0.25, 0.3) is 0 Å². The molecule has 3 nitrogen and oxygen atoms in total. The minimum atomic E-state index is -0.00169. The van der Waals surface area contributed by atoms with Gasteiger partial charge < -0.3 is 15.2 Å². The second-order valence-electron chi connectivity index (χ2n) is 3.36. The summed E-state index contributed by atoms with van der Waals surface area (Å²) in [6.07, 6.45) is -0.00169. The minimum Gasteiger partial charge on any atom is -0.490 e. The summed E-state index contributed by atoms with van der Waals surface area (Å²) in [6, 6.07) is 5.17. The zero-order chi connectivity index (χ0) is 12.1. The topological polar surface area (TPSA) is 44.5 Å². The summed E-state index contributed by atoms with van der Waals surface area (Å²) in [5, 5.41) is 0.583. The Hall–Kier alpha value is -0.840. The molecule has 0 spiro atoms. The van der Waals surface area contributed by atoms with Crippen molar-refractivity contribution in [3.8, 4) is 5.75 Å². The van der Waals surface area contributed by atoms with E-state index >= 15 is 0 Å². The van der Waals surface area contributed by atoms with Gasteiger partial charge in [0, 0.05) is 12.1 Å². The Kier molecular flexibility index (Phi) is 4.99. The molecular weight excluding hydrogens is 246 g/mol. The molecule has 1 atom stereocenters. The van der Waals surface area contributed by atoms with Gasteiger partial charge in [-0.15, -0.1) is 0 Å². The van der Waals surface area contributed by atoms with Gasteiger partial charge >= 0.3 is 0 Å². The number of thiocarbonyl (C=S) groups is 1. The van der Waals surface area contributed by atoms with Crippen LogP contribution in [-0.4, -0.2) is 24.8 Å². The van der Waals surface area contributed by atoms with Crippen molar-refractivity contribution in [2.45, 2.75) is 13.0 Å². The number of ether oxygens (including phenoxy) is 2. The van der Waals surface area contributed by atoms with Crippen LogP contribution in [0.3, 0.4) is 0 Å². The summed E-state index contributed by atoms with van der Waals surface area (Å²) < 4.78 is 10.6. The van der Waals surface area contributed by atoms with Crippen molar-refractivity contribution in [2.24, 2.45) is 5.73 Å². The SMILES string of the molecule is COC(C)COc1cc(Cl)ccc1C(N)=S. The maximum atomic E-state index is 5.88. The summed E-state index contributed by atoms with van der Waals surface area (Å²) in [7, 11) is 1.63. The lowest BCUT2D eigenvalue weighted by atomic mass is 10.2. The zero-order valence-electron chi connectivity index (χ0n) is 9.20. The van der Waals surface area contributed by atoms with Crippen molar-refractivity contribution >= 4 is 28.8 Å². The van der Waals surface area contributed by atoms with Crippen LogP contribution in [-0.2, 0) is 4.74 Å². The molecule has 1 unspecified atom stereocenters. The highest BCUT2D eigenvalue weighted by molar-refractivity contribution is 7.80. The van der Waals surface area contributed by atoms with Crippen LogP contribution >= 0.6 is 23.8 Å². The molecular formula is C11H14ClNO2S. The molecule has 1 aromatic rings. The molecule has 0 saturated heterocycles. The van der Waals surface area contributed by atoms with Crippen LogP contribution < -0.4 is 10.5 Å². The molecule has 2 N–H and O–H groups in total. The molecule has 0 fully saturated rings. The number of methoxy groups -OCH3 is 1. The monoisotopic (exact) mass is 259 g/mol. The van der Waals surface area contributed by atoms with Crippen LogP contribution in [0, 0.1) is 0 Å². The molecule has 0 aliphatic heterocycles. The number of hydrogen-bond acceptors (Lipinski definition) is 3. The first-order valence-corrected chi connectivity index (χ1v) is 5.58. The van der Waals surface area contributed by atoms with E-state index in [1.807, 2.05) is 6.92 Å². The van der Waals surface area contributed by atoms with Crippen LogP contribution in [0.2, 0.25) is 5.02 Å². The van der Waals surface area contributed by atoms with Crippen molar-refractivity contribution in [3.05, 3.63) is 28.8 Å². The Labute approximate surface area is 105 Å². The Morgan fingerprint density at radius 1 is 1.56 bits per heavy atom. The van der Waals surface area contributed by atoms with Gasteiger partial charge in [-0.2, -0.15) is 0 Å². The highest BCUT2D eigenvalue weighted by Gasteiger charge is 2.09. The van der Waals surface area contributed by atoms with Gasteiger partial charge in [0.2, 0.25) is 0 Å². The normalized spacial score (nSPS) is 12.2. The first kappa shape index (κ1) is 13.2. The summed E-state index contributed by atoms with van der Waals surface area (Å²) in [6.45, 7) is 2.33. The molecule has 0 amide bonds. The Balaban J connectivity index is 2.84. The van der Waals surface area contributed by atoms with Gasteiger partial charge in [0.1, 0.15) is 17.3 Å². The number of benzene rings is 1. The zero-order valence-corrected chi connectivity index (χ0v) is 10.8. The van der Waals surface area contributed by atoms with Crippen LogP contribution in [0.5, 0.6) is 5.75 Å². The largest absolute Gasteiger partial charge is 0.490 e. The van der Waals surface area contributed by atoms with E-state index in [0.717, 1.165) is 0 Å². The highest BCUT2D eigenvalue weighted by atomic mass is 35.5. The van der Waals surface area contributed by atoms with E-state index in [4.69, 9.17) is 39.0 Å². The van der Waals surface area contributed by atoms with Gasteiger partial charge in [-0.1, -0.05) is 23.8 Å². The first-order valence-electron chi connectivity index (χ1n) is 4.79. The third-order valence-electron chi connectivity index (χ3n) is 2.09. The van der Waals surface area contributed by atoms with E-state index in [1.54, 1.807) is 25.3 Å². The molecule has 1 aromatic carbocycles. The summed E-state index contributed by atoms with van der Waals surface area (Å²) in [4.78, 5) is 0.289. The predicted molar refractivity (Wildman–Crippen MR) is 69.3 cm³/mol.